The van der Waals surface area contributed by atoms with E-state index in [9.17, 15) is 14.4 Å². The van der Waals surface area contributed by atoms with Crippen LogP contribution in [0.15, 0.2) is 23.6 Å². The van der Waals surface area contributed by atoms with Gasteiger partial charge in [-0.15, -0.1) is 0 Å². The molecule has 9 heteroatoms. The third kappa shape index (κ3) is 5.87. The highest BCUT2D eigenvalue weighted by atomic mass is 16.5. The normalized spacial score (nSPS) is 21.8. The summed E-state index contributed by atoms with van der Waals surface area (Å²) in [7, 11) is 0. The minimum absolute atomic E-state index is 0.0172. The van der Waals surface area contributed by atoms with Gasteiger partial charge >= 0.3 is 0 Å². The number of allylic oxidation sites excluding steroid dienone is 1. The number of ketones is 1. The van der Waals surface area contributed by atoms with Crippen LogP contribution in [0.25, 0.3) is 0 Å². The molecule has 1 aliphatic heterocycles. The maximum Gasteiger partial charge on any atom is 0.241 e. The Balaban J connectivity index is 2.53. The Kier molecular flexibility index (Phi) is 8.09. The zero-order valence-electron chi connectivity index (χ0n) is 14.6. The Morgan fingerprint density at radius 2 is 2.12 bits per heavy atom. The molecule has 1 aliphatic rings. The predicted octanol–water partition coefficient (Wildman–Crippen LogP) is -1.61. The molecule has 2 amide bonds. The van der Waals surface area contributed by atoms with Crippen molar-refractivity contribution in [2.75, 3.05) is 13.2 Å². The molecule has 140 valence electrons. The number of unbranched alkanes of at least 4 members (excludes halogenated alkanes) is 1. The van der Waals surface area contributed by atoms with Crippen molar-refractivity contribution >= 4 is 17.6 Å². The number of rotatable bonds is 10. The summed E-state index contributed by atoms with van der Waals surface area (Å²) in [5.41, 5.74) is 17.2. The van der Waals surface area contributed by atoms with E-state index < -0.39 is 23.8 Å². The molecule has 25 heavy (non-hydrogen) atoms. The Morgan fingerprint density at radius 1 is 1.44 bits per heavy atom. The molecule has 9 nitrogen and oxygen atoms in total. The highest BCUT2D eigenvalue weighted by Crippen LogP contribution is 2.07. The number of carbonyl (C=O) groups excluding carboxylic acids is 3. The number of amides is 2. The minimum Gasteiger partial charge on any atom is -0.488 e. The summed E-state index contributed by atoms with van der Waals surface area (Å²) < 4.78 is 5.30. The fourth-order valence-electron chi connectivity index (χ4n) is 2.06. The largest absolute Gasteiger partial charge is 0.488 e. The minimum atomic E-state index is -1.01. The summed E-state index contributed by atoms with van der Waals surface area (Å²) in [6.07, 6.45) is 4.05. The van der Waals surface area contributed by atoms with Gasteiger partial charge in [0, 0.05) is 12.7 Å². The van der Waals surface area contributed by atoms with E-state index in [1.807, 2.05) is 6.92 Å². The molecule has 8 N–H and O–H groups in total. The van der Waals surface area contributed by atoms with Crippen LogP contribution in [-0.4, -0.2) is 48.9 Å². The van der Waals surface area contributed by atoms with Crippen LogP contribution < -0.4 is 27.8 Å². The summed E-state index contributed by atoms with van der Waals surface area (Å²) in [6, 6.07) is -1.95. The number of hydrogen-bond acceptors (Lipinski definition) is 7. The first kappa shape index (κ1) is 20.7. The molecule has 3 atom stereocenters. The number of β-lactam (4-membered cyclic amide) rings is 1. The van der Waals surface area contributed by atoms with Crippen LogP contribution in [0.3, 0.4) is 0 Å². The molecule has 1 rings (SSSR count). The topological polar surface area (TPSA) is 163 Å². The van der Waals surface area contributed by atoms with Crippen molar-refractivity contribution in [3.63, 3.8) is 0 Å². The van der Waals surface area contributed by atoms with Crippen molar-refractivity contribution in [1.29, 1.82) is 0 Å². The number of carbonyl (C=O) groups is 3. The smallest absolute Gasteiger partial charge is 0.241 e. The van der Waals surface area contributed by atoms with Gasteiger partial charge in [-0.3, -0.25) is 14.4 Å². The van der Waals surface area contributed by atoms with E-state index in [-0.39, 0.29) is 24.3 Å². The van der Waals surface area contributed by atoms with Crippen LogP contribution in [0.5, 0.6) is 0 Å². The molecule has 0 aromatic carbocycles. The maximum atomic E-state index is 12.1. The van der Waals surface area contributed by atoms with E-state index in [0.717, 1.165) is 19.0 Å². The second-order valence-electron chi connectivity index (χ2n) is 5.85. The summed E-state index contributed by atoms with van der Waals surface area (Å²) in [4.78, 5) is 35.1. The molecule has 1 unspecified atom stereocenters. The summed E-state index contributed by atoms with van der Waals surface area (Å²) >= 11 is 0. The Bertz CT molecular complexity index is 573. The maximum absolute atomic E-state index is 12.1. The Morgan fingerprint density at radius 3 is 2.64 bits per heavy atom. The average molecular weight is 353 g/mol. The van der Waals surface area contributed by atoms with Gasteiger partial charge < -0.3 is 32.6 Å². The number of nitrogens with two attached hydrogens (primary N) is 3. The van der Waals surface area contributed by atoms with E-state index in [0.29, 0.717) is 12.2 Å². The van der Waals surface area contributed by atoms with Gasteiger partial charge in [-0.2, -0.15) is 0 Å². The molecule has 0 bridgehead atoms. The van der Waals surface area contributed by atoms with Crippen molar-refractivity contribution in [2.24, 2.45) is 17.2 Å². The molecular weight excluding hydrogens is 326 g/mol. The number of hydrogen-bond donors (Lipinski definition) is 5. The van der Waals surface area contributed by atoms with E-state index in [2.05, 4.69) is 10.6 Å². The lowest BCUT2D eigenvalue weighted by Crippen LogP contribution is -2.70. The van der Waals surface area contributed by atoms with E-state index in [4.69, 9.17) is 21.9 Å². The third-order valence-electron chi connectivity index (χ3n) is 3.84. The van der Waals surface area contributed by atoms with Gasteiger partial charge in [-0.05, 0) is 25.0 Å². The predicted molar refractivity (Wildman–Crippen MR) is 92.8 cm³/mol. The van der Waals surface area contributed by atoms with Crippen molar-refractivity contribution in [2.45, 2.75) is 44.8 Å². The molecular formula is C16H27N5O4. The Hall–Kier alpha value is -2.39. The van der Waals surface area contributed by atoms with Crippen molar-refractivity contribution in [3.8, 4) is 0 Å². The fourth-order valence-corrected chi connectivity index (χ4v) is 2.06. The molecule has 1 saturated heterocycles. The van der Waals surface area contributed by atoms with Gasteiger partial charge in [0.2, 0.25) is 17.6 Å². The van der Waals surface area contributed by atoms with Crippen LogP contribution in [0, 0.1) is 0 Å². The molecule has 0 saturated carbocycles. The number of ether oxygens (including phenoxy) is 1. The fraction of sp³-hybridized carbons (Fsp3) is 0.562. The summed E-state index contributed by atoms with van der Waals surface area (Å²) in [5, 5.41) is 5.16. The van der Waals surface area contributed by atoms with Gasteiger partial charge in [0.15, 0.2) is 5.76 Å². The second-order valence-corrected chi connectivity index (χ2v) is 5.85. The first-order valence-electron chi connectivity index (χ1n) is 8.18. The first-order valence-corrected chi connectivity index (χ1v) is 8.18. The van der Waals surface area contributed by atoms with Gasteiger partial charge in [0.25, 0.3) is 0 Å². The molecule has 0 radical (unpaired) electrons. The highest BCUT2D eigenvalue weighted by Gasteiger charge is 2.36. The monoisotopic (exact) mass is 353 g/mol. The van der Waals surface area contributed by atoms with E-state index >= 15 is 0 Å². The average Bonchev–Trinajstić information content (AvgIpc) is 2.60. The van der Waals surface area contributed by atoms with Crippen molar-refractivity contribution < 1.29 is 19.1 Å². The highest BCUT2D eigenvalue weighted by molar-refractivity contribution is 6.03. The standard InChI is InChI=1S/C16H27N5O4/c1-3-4-5-25-12(7-17)11(22)6-9(2)13(18)15(23)20-8-10-14(19)16(24)21-10/h6-7,10,13-14H,3-5,8,17-19H2,1-2H3,(H,20,23)(H,21,24)/b9-6?,12-7+/t10-,13?,14+/m1/s1. The van der Waals surface area contributed by atoms with E-state index in [1.54, 1.807) is 6.92 Å². The van der Waals surface area contributed by atoms with Crippen LogP contribution >= 0.6 is 0 Å². The quantitative estimate of drug-likeness (QED) is 0.136. The zero-order valence-corrected chi connectivity index (χ0v) is 14.6. The van der Waals surface area contributed by atoms with Crippen LogP contribution in [0.1, 0.15) is 26.7 Å². The molecule has 1 heterocycles. The molecule has 1 fully saturated rings. The lowest BCUT2D eigenvalue weighted by atomic mass is 10.00. The Labute approximate surface area is 147 Å². The SMILES string of the molecule is CCCCO/C(=C/N)C(=O)C=C(C)C(N)C(=O)NC[C@H]1NC(=O)[C@H]1N. The molecule has 0 aromatic rings. The summed E-state index contributed by atoms with van der Waals surface area (Å²) in [5.74, 6) is -1.16. The van der Waals surface area contributed by atoms with Crippen LogP contribution in [-0.2, 0) is 19.1 Å². The van der Waals surface area contributed by atoms with Gasteiger partial charge in [-0.25, -0.2) is 0 Å². The van der Waals surface area contributed by atoms with Gasteiger partial charge in [0.1, 0.15) is 12.1 Å². The summed E-state index contributed by atoms with van der Waals surface area (Å²) in [6.45, 7) is 4.13. The first-order chi connectivity index (χ1) is 11.8. The van der Waals surface area contributed by atoms with Crippen molar-refractivity contribution in [1.82, 2.24) is 10.6 Å². The molecule has 0 spiro atoms. The zero-order chi connectivity index (χ0) is 19.0. The lowest BCUT2D eigenvalue weighted by molar-refractivity contribution is -0.131. The van der Waals surface area contributed by atoms with Crippen LogP contribution in [0.2, 0.25) is 0 Å². The third-order valence-corrected chi connectivity index (χ3v) is 3.84. The van der Waals surface area contributed by atoms with Crippen molar-refractivity contribution in [3.05, 3.63) is 23.6 Å². The van der Waals surface area contributed by atoms with Gasteiger partial charge in [-0.1, -0.05) is 13.3 Å². The second kappa shape index (κ2) is 9.80. The van der Waals surface area contributed by atoms with E-state index in [1.165, 1.54) is 6.08 Å². The van der Waals surface area contributed by atoms with Crippen LogP contribution in [0.4, 0.5) is 0 Å². The molecule has 0 aromatic heterocycles. The number of nitrogens with one attached hydrogen (secondary N) is 2. The lowest BCUT2D eigenvalue weighted by Gasteiger charge is -2.34. The molecule has 0 aliphatic carbocycles. The van der Waals surface area contributed by atoms with Gasteiger partial charge in [0.05, 0.1) is 12.6 Å².